The zero-order valence-electron chi connectivity index (χ0n) is 10.9. The van der Waals surface area contributed by atoms with Crippen LogP contribution in [0, 0.1) is 17.1 Å². The summed E-state index contributed by atoms with van der Waals surface area (Å²) in [7, 11) is 1.54. The molecule has 20 heavy (non-hydrogen) atoms. The number of anilines is 1. The molecule has 0 amide bonds. The van der Waals surface area contributed by atoms with Crippen molar-refractivity contribution in [2.24, 2.45) is 0 Å². The van der Waals surface area contributed by atoms with Gasteiger partial charge in [-0.25, -0.2) is 4.39 Å². The Morgan fingerprint density at radius 2 is 2.05 bits per heavy atom. The second kappa shape index (κ2) is 5.93. The van der Waals surface area contributed by atoms with Crippen molar-refractivity contribution in [3.63, 3.8) is 0 Å². The predicted molar refractivity (Wildman–Crippen MR) is 72.9 cm³/mol. The van der Waals surface area contributed by atoms with Crippen molar-refractivity contribution in [3.8, 4) is 17.6 Å². The third-order valence-electron chi connectivity index (χ3n) is 2.78. The van der Waals surface area contributed by atoms with Gasteiger partial charge < -0.3 is 15.2 Å². The van der Waals surface area contributed by atoms with Crippen LogP contribution in [-0.4, -0.2) is 7.11 Å². The third-order valence-corrected chi connectivity index (χ3v) is 2.78. The molecule has 0 aromatic heterocycles. The average Bonchev–Trinajstić information content (AvgIpc) is 2.48. The first-order valence-electron chi connectivity index (χ1n) is 5.89. The van der Waals surface area contributed by atoms with Crippen LogP contribution < -0.4 is 15.2 Å². The predicted octanol–water partition coefficient (Wildman–Crippen LogP) is 2.87. The van der Waals surface area contributed by atoms with Crippen molar-refractivity contribution in [1.29, 1.82) is 5.26 Å². The summed E-state index contributed by atoms with van der Waals surface area (Å²) in [6.07, 6.45) is 0. The second-order valence-electron chi connectivity index (χ2n) is 4.11. The summed E-state index contributed by atoms with van der Waals surface area (Å²) < 4.78 is 24.0. The molecule has 0 aliphatic rings. The molecule has 2 aromatic carbocycles. The summed E-state index contributed by atoms with van der Waals surface area (Å²) in [6.45, 7) is 0.169. The first-order chi connectivity index (χ1) is 9.63. The van der Waals surface area contributed by atoms with Crippen molar-refractivity contribution in [3.05, 3.63) is 53.3 Å². The maximum atomic E-state index is 13.3. The Balaban J connectivity index is 2.17. The quantitative estimate of drug-likeness (QED) is 0.869. The lowest BCUT2D eigenvalue weighted by Gasteiger charge is -2.11. The van der Waals surface area contributed by atoms with Crippen molar-refractivity contribution in [2.75, 3.05) is 12.8 Å². The fourth-order valence-corrected chi connectivity index (χ4v) is 1.72. The standard InChI is InChI=1S/C15H13FN2O2/c1-19-15-5-2-10(8-17)6-11(15)9-20-12-3-4-14(18)13(16)7-12/h2-7H,9,18H2,1H3. The number of ether oxygens (including phenoxy) is 2. The molecule has 0 aliphatic carbocycles. The van der Waals surface area contributed by atoms with Crippen LogP contribution in [0.4, 0.5) is 10.1 Å². The van der Waals surface area contributed by atoms with Gasteiger partial charge in [-0.05, 0) is 30.3 Å². The third kappa shape index (κ3) is 2.98. The lowest BCUT2D eigenvalue weighted by atomic mass is 10.1. The number of nitrogens with two attached hydrogens (primary N) is 1. The summed E-state index contributed by atoms with van der Waals surface area (Å²) in [5.74, 6) is 0.446. The minimum atomic E-state index is -0.528. The van der Waals surface area contributed by atoms with Gasteiger partial charge in [0.25, 0.3) is 0 Å². The summed E-state index contributed by atoms with van der Waals surface area (Å²) in [6, 6.07) is 11.3. The highest BCUT2D eigenvalue weighted by Gasteiger charge is 2.07. The number of hydrogen-bond donors (Lipinski definition) is 1. The largest absolute Gasteiger partial charge is 0.496 e. The van der Waals surface area contributed by atoms with Crippen LogP contribution in [0.1, 0.15) is 11.1 Å². The molecular weight excluding hydrogens is 259 g/mol. The van der Waals surface area contributed by atoms with Crippen LogP contribution in [0.3, 0.4) is 0 Å². The Morgan fingerprint density at radius 3 is 2.70 bits per heavy atom. The van der Waals surface area contributed by atoms with E-state index in [-0.39, 0.29) is 12.3 Å². The van der Waals surface area contributed by atoms with Gasteiger partial charge >= 0.3 is 0 Å². The summed E-state index contributed by atoms with van der Waals surface area (Å²) in [5.41, 5.74) is 6.68. The average molecular weight is 272 g/mol. The number of nitrogens with zero attached hydrogens (tertiary/aromatic N) is 1. The fraction of sp³-hybridized carbons (Fsp3) is 0.133. The van der Waals surface area contributed by atoms with E-state index in [1.54, 1.807) is 24.3 Å². The zero-order valence-corrected chi connectivity index (χ0v) is 10.9. The van der Waals surface area contributed by atoms with Crippen LogP contribution in [-0.2, 0) is 6.61 Å². The van der Waals surface area contributed by atoms with E-state index < -0.39 is 5.82 Å². The molecule has 0 spiro atoms. The first kappa shape index (κ1) is 13.7. The van der Waals surface area contributed by atoms with Gasteiger partial charge in [0.05, 0.1) is 24.4 Å². The maximum Gasteiger partial charge on any atom is 0.149 e. The number of nitriles is 1. The minimum Gasteiger partial charge on any atom is -0.496 e. The van der Waals surface area contributed by atoms with Crippen LogP contribution in [0.5, 0.6) is 11.5 Å². The normalized spacial score (nSPS) is 9.85. The molecule has 0 heterocycles. The van der Waals surface area contributed by atoms with Crippen LogP contribution >= 0.6 is 0 Å². The van der Waals surface area contributed by atoms with E-state index in [0.717, 1.165) is 0 Å². The minimum absolute atomic E-state index is 0.0707. The number of methoxy groups -OCH3 is 1. The fourth-order valence-electron chi connectivity index (χ4n) is 1.72. The number of halogens is 1. The Hall–Kier alpha value is -2.74. The maximum absolute atomic E-state index is 13.3. The van der Waals surface area contributed by atoms with Gasteiger partial charge in [0.2, 0.25) is 0 Å². The van der Waals surface area contributed by atoms with E-state index >= 15 is 0 Å². The van der Waals surface area contributed by atoms with Crippen molar-refractivity contribution >= 4 is 5.69 Å². The van der Waals surface area contributed by atoms with Gasteiger partial charge in [-0.3, -0.25) is 0 Å². The number of rotatable bonds is 4. The number of benzene rings is 2. The van der Waals surface area contributed by atoms with Crippen LogP contribution in [0.25, 0.3) is 0 Å². The van der Waals surface area contributed by atoms with Gasteiger partial charge in [0, 0.05) is 11.6 Å². The Bertz CT molecular complexity index is 665. The molecule has 0 saturated heterocycles. The number of hydrogen-bond acceptors (Lipinski definition) is 4. The molecule has 4 nitrogen and oxygen atoms in total. The monoisotopic (exact) mass is 272 g/mol. The van der Waals surface area contributed by atoms with E-state index in [1.165, 1.54) is 19.2 Å². The molecule has 2 rings (SSSR count). The Morgan fingerprint density at radius 1 is 1.25 bits per heavy atom. The van der Waals surface area contributed by atoms with Crippen molar-refractivity contribution < 1.29 is 13.9 Å². The van der Waals surface area contributed by atoms with Gasteiger partial charge in [0.1, 0.15) is 23.9 Å². The molecule has 0 unspecified atom stereocenters. The SMILES string of the molecule is COc1ccc(C#N)cc1COc1ccc(N)c(F)c1. The summed E-state index contributed by atoms with van der Waals surface area (Å²) in [4.78, 5) is 0. The molecule has 0 bridgehead atoms. The van der Waals surface area contributed by atoms with E-state index in [4.69, 9.17) is 20.5 Å². The van der Waals surface area contributed by atoms with Gasteiger partial charge in [0.15, 0.2) is 0 Å². The Labute approximate surface area is 116 Å². The van der Waals surface area contributed by atoms with Crippen LogP contribution in [0.15, 0.2) is 36.4 Å². The highest BCUT2D eigenvalue weighted by atomic mass is 19.1. The zero-order chi connectivity index (χ0) is 14.5. The second-order valence-corrected chi connectivity index (χ2v) is 4.11. The highest BCUT2D eigenvalue weighted by molar-refractivity contribution is 5.44. The van der Waals surface area contributed by atoms with E-state index in [0.29, 0.717) is 22.6 Å². The lowest BCUT2D eigenvalue weighted by Crippen LogP contribution is -2.00. The van der Waals surface area contributed by atoms with Gasteiger partial charge in [-0.15, -0.1) is 0 Å². The van der Waals surface area contributed by atoms with Gasteiger partial charge in [-0.2, -0.15) is 5.26 Å². The highest BCUT2D eigenvalue weighted by Crippen LogP contribution is 2.23. The lowest BCUT2D eigenvalue weighted by molar-refractivity contribution is 0.295. The molecule has 0 aliphatic heterocycles. The topological polar surface area (TPSA) is 68.3 Å². The molecule has 0 atom stereocenters. The molecule has 0 fully saturated rings. The summed E-state index contributed by atoms with van der Waals surface area (Å²) in [5, 5.41) is 8.88. The molecule has 102 valence electrons. The molecule has 0 saturated carbocycles. The summed E-state index contributed by atoms with van der Waals surface area (Å²) >= 11 is 0. The molecule has 2 aromatic rings. The first-order valence-corrected chi connectivity index (χ1v) is 5.89. The number of nitrogen functional groups attached to an aromatic ring is 1. The van der Waals surface area contributed by atoms with Crippen molar-refractivity contribution in [2.45, 2.75) is 6.61 Å². The van der Waals surface area contributed by atoms with E-state index in [2.05, 4.69) is 0 Å². The molecule has 2 N–H and O–H groups in total. The smallest absolute Gasteiger partial charge is 0.149 e. The molecule has 5 heteroatoms. The Kier molecular flexibility index (Phi) is 4.06. The van der Waals surface area contributed by atoms with E-state index in [1.807, 2.05) is 6.07 Å². The van der Waals surface area contributed by atoms with Crippen LogP contribution in [0.2, 0.25) is 0 Å². The molecule has 0 radical (unpaired) electrons. The van der Waals surface area contributed by atoms with E-state index in [9.17, 15) is 4.39 Å². The van der Waals surface area contributed by atoms with Crippen molar-refractivity contribution in [1.82, 2.24) is 0 Å². The van der Waals surface area contributed by atoms with Gasteiger partial charge in [-0.1, -0.05) is 0 Å². The molecular formula is C15H13FN2O2.